The van der Waals surface area contributed by atoms with Crippen LogP contribution in [0.3, 0.4) is 0 Å². The van der Waals surface area contributed by atoms with Gasteiger partial charge in [0, 0.05) is 36.2 Å². The molecule has 1 aromatic carbocycles. The monoisotopic (exact) mass is 371 g/mol. The van der Waals surface area contributed by atoms with Crippen LogP contribution in [0.4, 0.5) is 0 Å². The smallest absolute Gasteiger partial charge is 0.254 e. The maximum absolute atomic E-state index is 12.5. The molecule has 0 radical (unpaired) electrons. The zero-order chi connectivity index (χ0) is 19.6. The molecule has 3 rings (SSSR count). The molecule has 0 spiro atoms. The van der Waals surface area contributed by atoms with Gasteiger partial charge in [-0.05, 0) is 19.4 Å². The summed E-state index contributed by atoms with van der Waals surface area (Å²) in [6, 6.07) is 5.96. The minimum absolute atomic E-state index is 0.000890. The van der Waals surface area contributed by atoms with E-state index < -0.39 is 0 Å². The second-order valence-electron chi connectivity index (χ2n) is 7.93. The van der Waals surface area contributed by atoms with Crippen LogP contribution in [0.25, 0.3) is 0 Å². The molecule has 0 unspecified atom stereocenters. The van der Waals surface area contributed by atoms with E-state index in [1.807, 2.05) is 19.1 Å². The van der Waals surface area contributed by atoms with Crippen LogP contribution in [0.15, 0.2) is 23.0 Å². The van der Waals surface area contributed by atoms with E-state index in [0.717, 1.165) is 47.2 Å². The average molecular weight is 371 g/mol. The van der Waals surface area contributed by atoms with E-state index in [-0.39, 0.29) is 11.0 Å². The van der Waals surface area contributed by atoms with Gasteiger partial charge in [0.15, 0.2) is 11.5 Å². The van der Waals surface area contributed by atoms with Crippen LogP contribution in [0.1, 0.15) is 50.3 Å². The lowest BCUT2D eigenvalue weighted by atomic mass is 9.95. The van der Waals surface area contributed by atoms with E-state index in [9.17, 15) is 4.79 Å². The van der Waals surface area contributed by atoms with Gasteiger partial charge in [0.05, 0.1) is 19.4 Å². The van der Waals surface area contributed by atoms with Crippen LogP contribution in [0.5, 0.6) is 11.5 Å². The zero-order valence-electron chi connectivity index (χ0n) is 16.9. The van der Waals surface area contributed by atoms with E-state index in [4.69, 9.17) is 14.5 Å². The number of H-pyrrole nitrogens is 1. The number of aromatic amines is 1. The molecule has 1 aliphatic rings. The Morgan fingerprint density at radius 2 is 2.07 bits per heavy atom. The Bertz CT molecular complexity index is 868. The van der Waals surface area contributed by atoms with Gasteiger partial charge in [-0.25, -0.2) is 4.98 Å². The van der Waals surface area contributed by atoms with Crippen LogP contribution in [0, 0.1) is 0 Å². The fourth-order valence-electron chi connectivity index (χ4n) is 3.38. The maximum Gasteiger partial charge on any atom is 0.254 e. The quantitative estimate of drug-likeness (QED) is 0.875. The van der Waals surface area contributed by atoms with Crippen LogP contribution in [0.2, 0.25) is 0 Å². The highest BCUT2D eigenvalue weighted by molar-refractivity contribution is 5.46. The lowest BCUT2D eigenvalue weighted by Crippen LogP contribution is -2.36. The predicted molar refractivity (Wildman–Crippen MR) is 106 cm³/mol. The number of para-hydroxylation sites is 1. The molecule has 6 heteroatoms. The second-order valence-corrected chi connectivity index (χ2v) is 7.93. The van der Waals surface area contributed by atoms with Crippen molar-refractivity contribution in [2.24, 2.45) is 0 Å². The van der Waals surface area contributed by atoms with Crippen LogP contribution in [-0.2, 0) is 24.9 Å². The fourth-order valence-corrected chi connectivity index (χ4v) is 3.38. The minimum Gasteiger partial charge on any atom is -0.493 e. The molecule has 1 aromatic heterocycles. The summed E-state index contributed by atoms with van der Waals surface area (Å²) in [5.41, 5.74) is 2.60. The van der Waals surface area contributed by atoms with E-state index in [0.29, 0.717) is 19.6 Å². The van der Waals surface area contributed by atoms with Gasteiger partial charge in [-0.3, -0.25) is 9.69 Å². The first kappa shape index (κ1) is 19.4. The summed E-state index contributed by atoms with van der Waals surface area (Å²) in [7, 11) is 1.66. The summed E-state index contributed by atoms with van der Waals surface area (Å²) in [6.45, 7) is 10.9. The van der Waals surface area contributed by atoms with Gasteiger partial charge in [0.1, 0.15) is 5.82 Å². The van der Waals surface area contributed by atoms with Crippen molar-refractivity contribution < 1.29 is 9.47 Å². The molecule has 2 heterocycles. The molecule has 0 saturated carbocycles. The second kappa shape index (κ2) is 7.72. The van der Waals surface area contributed by atoms with Crippen molar-refractivity contribution in [3.05, 3.63) is 51.2 Å². The predicted octanol–water partition coefficient (Wildman–Crippen LogP) is 3.03. The third-order valence-corrected chi connectivity index (χ3v) is 4.83. The normalized spacial score (nSPS) is 14.7. The topological polar surface area (TPSA) is 67.5 Å². The number of nitrogens with one attached hydrogen (secondary N) is 1. The van der Waals surface area contributed by atoms with Crippen LogP contribution < -0.4 is 15.0 Å². The Morgan fingerprint density at radius 1 is 1.30 bits per heavy atom. The van der Waals surface area contributed by atoms with Crippen molar-refractivity contribution in [3.8, 4) is 11.5 Å². The van der Waals surface area contributed by atoms with Gasteiger partial charge in [0.25, 0.3) is 5.56 Å². The number of nitrogens with zero attached hydrogens (tertiary/aromatic N) is 2. The zero-order valence-corrected chi connectivity index (χ0v) is 16.9. The van der Waals surface area contributed by atoms with Gasteiger partial charge in [-0.1, -0.05) is 32.9 Å². The number of benzene rings is 1. The molecule has 1 aliphatic heterocycles. The number of ether oxygens (including phenoxy) is 2. The van der Waals surface area contributed by atoms with E-state index in [2.05, 4.69) is 36.7 Å². The number of methoxy groups -OCH3 is 1. The Labute approximate surface area is 160 Å². The molecule has 0 aliphatic carbocycles. The number of aromatic nitrogens is 2. The van der Waals surface area contributed by atoms with Gasteiger partial charge < -0.3 is 14.5 Å². The summed E-state index contributed by atoms with van der Waals surface area (Å²) in [6.07, 6.45) is 0.704. The molecule has 0 amide bonds. The highest BCUT2D eigenvalue weighted by atomic mass is 16.5. The molecule has 0 saturated heterocycles. The van der Waals surface area contributed by atoms with Gasteiger partial charge in [0.2, 0.25) is 0 Å². The number of fused-ring (bicyclic) bond motifs is 1. The third kappa shape index (κ3) is 4.16. The van der Waals surface area contributed by atoms with Crippen molar-refractivity contribution in [1.29, 1.82) is 0 Å². The van der Waals surface area contributed by atoms with Crippen molar-refractivity contribution >= 4 is 0 Å². The molecule has 27 heavy (non-hydrogen) atoms. The lowest BCUT2D eigenvalue weighted by Gasteiger charge is -2.29. The molecule has 146 valence electrons. The van der Waals surface area contributed by atoms with Gasteiger partial charge in [-0.2, -0.15) is 0 Å². The molecule has 0 atom stereocenters. The van der Waals surface area contributed by atoms with Gasteiger partial charge in [-0.15, -0.1) is 0 Å². The Morgan fingerprint density at radius 3 is 2.74 bits per heavy atom. The summed E-state index contributed by atoms with van der Waals surface area (Å²) < 4.78 is 11.3. The summed E-state index contributed by atoms with van der Waals surface area (Å²) in [5, 5.41) is 0. The summed E-state index contributed by atoms with van der Waals surface area (Å²) in [5.74, 6) is 2.28. The Kier molecular flexibility index (Phi) is 5.56. The molecule has 0 bridgehead atoms. The molecule has 2 aromatic rings. The number of rotatable bonds is 5. The van der Waals surface area contributed by atoms with Crippen LogP contribution in [-0.4, -0.2) is 35.1 Å². The average Bonchev–Trinajstić information content (AvgIpc) is 2.62. The Hall–Kier alpha value is -2.34. The molecule has 0 fully saturated rings. The van der Waals surface area contributed by atoms with E-state index in [1.54, 1.807) is 7.11 Å². The minimum atomic E-state index is -0.189. The van der Waals surface area contributed by atoms with Crippen molar-refractivity contribution in [2.75, 3.05) is 20.3 Å². The first-order valence-electron chi connectivity index (χ1n) is 9.47. The van der Waals surface area contributed by atoms with Crippen molar-refractivity contribution in [1.82, 2.24) is 14.9 Å². The maximum atomic E-state index is 12.5. The SMILES string of the molecule is CCOc1c(CN2CCc3c(nc(C(C)(C)C)[nH]c3=O)C2)cccc1OC. The molecule has 1 N–H and O–H groups in total. The largest absolute Gasteiger partial charge is 0.493 e. The van der Waals surface area contributed by atoms with Crippen molar-refractivity contribution in [2.45, 2.75) is 52.6 Å². The van der Waals surface area contributed by atoms with Gasteiger partial charge >= 0.3 is 0 Å². The highest BCUT2D eigenvalue weighted by Gasteiger charge is 2.25. The van der Waals surface area contributed by atoms with E-state index >= 15 is 0 Å². The summed E-state index contributed by atoms with van der Waals surface area (Å²) >= 11 is 0. The third-order valence-electron chi connectivity index (χ3n) is 4.83. The van der Waals surface area contributed by atoms with E-state index in [1.165, 1.54) is 0 Å². The summed E-state index contributed by atoms with van der Waals surface area (Å²) in [4.78, 5) is 22.5. The molecular formula is C21H29N3O3. The van der Waals surface area contributed by atoms with Crippen LogP contribution >= 0.6 is 0 Å². The van der Waals surface area contributed by atoms with Crippen molar-refractivity contribution in [3.63, 3.8) is 0 Å². The number of hydrogen-bond donors (Lipinski definition) is 1. The fraction of sp³-hybridized carbons (Fsp3) is 0.524. The lowest BCUT2D eigenvalue weighted by molar-refractivity contribution is 0.231. The Balaban J connectivity index is 1.87. The highest BCUT2D eigenvalue weighted by Crippen LogP contribution is 2.32. The first-order valence-corrected chi connectivity index (χ1v) is 9.47. The molecular weight excluding hydrogens is 342 g/mol. The molecule has 6 nitrogen and oxygen atoms in total. The first-order chi connectivity index (χ1) is 12.8. The number of hydrogen-bond acceptors (Lipinski definition) is 5. The standard InChI is InChI=1S/C21H29N3O3/c1-6-27-18-14(8-7-9-17(18)26-5)12-24-11-10-15-16(13-24)22-20(21(2,3)4)23-19(15)25/h7-9H,6,10-13H2,1-5H3,(H,22,23,25).